The molecule has 0 unspecified atom stereocenters. The smallest absolute Gasteiger partial charge is 0.333 e. The molecule has 4 aromatic carbocycles. The summed E-state index contributed by atoms with van der Waals surface area (Å²) in [6, 6.07) is 28.7. The van der Waals surface area contributed by atoms with E-state index in [0.717, 1.165) is 26.9 Å². The summed E-state index contributed by atoms with van der Waals surface area (Å²) < 4.78 is 85.2. The van der Waals surface area contributed by atoms with Crippen LogP contribution in [0.25, 0.3) is 0 Å². The monoisotopic (exact) mass is 960 g/mol. The van der Waals surface area contributed by atoms with Crippen molar-refractivity contribution in [3.63, 3.8) is 0 Å². The molecule has 0 saturated heterocycles. The number of methoxy groups -OCH3 is 5. The third-order valence-corrected chi connectivity index (χ3v) is 14.3. The van der Waals surface area contributed by atoms with Gasteiger partial charge in [0.05, 0.1) is 47.9 Å². The van der Waals surface area contributed by atoms with Gasteiger partial charge in [-0.1, -0.05) is 48.5 Å². The maximum Gasteiger partial charge on any atom is 0.333 e. The molecule has 6 aromatic rings. The van der Waals surface area contributed by atoms with Crippen LogP contribution in [0.2, 0.25) is 0 Å². The number of aliphatic carboxylic acids is 1. The Balaban J connectivity index is 0.000000251. The van der Waals surface area contributed by atoms with E-state index >= 15 is 0 Å². The molecule has 20 heteroatoms. The van der Waals surface area contributed by atoms with Gasteiger partial charge in [-0.2, -0.15) is 18.8 Å². The second kappa shape index (κ2) is 21.7. The molecular formula is C47H56N6O12S2. The third-order valence-electron chi connectivity index (χ3n) is 10.8. The van der Waals surface area contributed by atoms with E-state index in [9.17, 15) is 31.5 Å². The third kappa shape index (κ3) is 12.4. The predicted molar refractivity (Wildman–Crippen MR) is 248 cm³/mol. The molecule has 0 aliphatic rings. The van der Waals surface area contributed by atoms with Crippen molar-refractivity contribution in [2.75, 3.05) is 35.5 Å². The highest BCUT2D eigenvalue weighted by Gasteiger charge is 2.35. The molecule has 0 aliphatic carbocycles. The van der Waals surface area contributed by atoms with E-state index in [1.807, 2.05) is 24.3 Å². The number of nitrogens with zero attached hydrogens (tertiary/aromatic N) is 6. The van der Waals surface area contributed by atoms with E-state index in [-0.39, 0.29) is 36.0 Å². The number of hydrogen-bond acceptors (Lipinski definition) is 13. The van der Waals surface area contributed by atoms with Crippen LogP contribution in [-0.2, 0) is 71.6 Å². The minimum absolute atomic E-state index is 0.0218. The number of esters is 1. The van der Waals surface area contributed by atoms with E-state index in [2.05, 4.69) is 10.2 Å². The average Bonchev–Trinajstić information content (AvgIpc) is 4.06. The van der Waals surface area contributed by atoms with Gasteiger partial charge >= 0.3 is 11.9 Å². The lowest BCUT2D eigenvalue weighted by Gasteiger charge is -2.23. The lowest BCUT2D eigenvalue weighted by Crippen LogP contribution is -2.37. The zero-order valence-electron chi connectivity index (χ0n) is 38.8. The summed E-state index contributed by atoms with van der Waals surface area (Å²) in [4.78, 5) is 23.6. The summed E-state index contributed by atoms with van der Waals surface area (Å²) in [7, 11) is -0.423. The molecule has 0 aliphatic heterocycles. The number of hydrogen-bond donors (Lipinski definition) is 1. The fraction of sp³-hybridized carbons (Fsp3) is 0.319. The van der Waals surface area contributed by atoms with Gasteiger partial charge in [0.15, 0.2) is 11.1 Å². The summed E-state index contributed by atoms with van der Waals surface area (Å²) in [5, 5.41) is 17.6. The van der Waals surface area contributed by atoms with Gasteiger partial charge in [0.2, 0.25) is 20.0 Å². The van der Waals surface area contributed by atoms with E-state index in [1.165, 1.54) is 59.0 Å². The zero-order chi connectivity index (χ0) is 49.2. The van der Waals surface area contributed by atoms with Crippen LogP contribution in [0.5, 0.6) is 23.0 Å². The molecule has 0 bridgehead atoms. The van der Waals surface area contributed by atoms with Crippen molar-refractivity contribution >= 4 is 32.0 Å². The fourth-order valence-electron chi connectivity index (χ4n) is 6.42. The summed E-state index contributed by atoms with van der Waals surface area (Å²) >= 11 is 0. The normalized spacial score (nSPS) is 12.0. The van der Waals surface area contributed by atoms with Crippen LogP contribution in [-0.4, -0.2) is 97.6 Å². The van der Waals surface area contributed by atoms with Crippen LogP contribution >= 0.6 is 0 Å². The van der Waals surface area contributed by atoms with Crippen molar-refractivity contribution in [1.82, 2.24) is 28.2 Å². The van der Waals surface area contributed by atoms with Gasteiger partial charge in [-0.15, -0.1) is 0 Å². The Morgan fingerprint density at radius 1 is 0.507 bits per heavy atom. The lowest BCUT2D eigenvalue weighted by molar-refractivity contribution is -0.150. The van der Waals surface area contributed by atoms with Gasteiger partial charge in [-0.05, 0) is 98.5 Å². The summed E-state index contributed by atoms with van der Waals surface area (Å²) in [6.07, 6.45) is 5.02. The van der Waals surface area contributed by atoms with Crippen LogP contribution in [0, 0.1) is 0 Å². The van der Waals surface area contributed by atoms with Crippen molar-refractivity contribution in [2.24, 2.45) is 0 Å². The highest BCUT2D eigenvalue weighted by Crippen LogP contribution is 2.27. The number of aromatic nitrogens is 4. The summed E-state index contributed by atoms with van der Waals surface area (Å²) in [6.45, 7) is 6.57. The van der Waals surface area contributed by atoms with Crippen LogP contribution in [0.1, 0.15) is 49.9 Å². The van der Waals surface area contributed by atoms with Gasteiger partial charge in [0, 0.05) is 38.6 Å². The topological polar surface area (TPSA) is 211 Å². The number of sulfonamides is 2. The lowest BCUT2D eigenvalue weighted by atomic mass is 10.1. The van der Waals surface area contributed by atoms with Crippen molar-refractivity contribution in [3.8, 4) is 23.0 Å². The SMILES string of the molecule is COC(=O)C(C)(C)n1cc(S(=O)(=O)N(Cc2ccc(OC)cc2)Cc2ccc(OC)cc2)cn1.COc1ccc(CN(Cc2ccc(OC)cc2)S(=O)(=O)c2cnn(C(C)(C)C(=O)O)c2)cc1. The molecule has 0 amide bonds. The Bertz CT molecular complexity index is 2710. The molecule has 6 rings (SSSR count). The number of ether oxygens (including phenoxy) is 5. The molecule has 358 valence electrons. The van der Waals surface area contributed by atoms with E-state index in [4.69, 9.17) is 23.7 Å². The maximum absolute atomic E-state index is 13.7. The predicted octanol–water partition coefficient (Wildman–Crippen LogP) is 6.31. The molecule has 0 atom stereocenters. The van der Waals surface area contributed by atoms with E-state index in [1.54, 1.807) is 115 Å². The molecule has 0 saturated carbocycles. The van der Waals surface area contributed by atoms with Crippen LogP contribution in [0.3, 0.4) is 0 Å². The van der Waals surface area contributed by atoms with Crippen molar-refractivity contribution < 1.29 is 55.2 Å². The van der Waals surface area contributed by atoms with Gasteiger partial charge < -0.3 is 28.8 Å². The number of benzene rings is 4. The second-order valence-electron chi connectivity index (χ2n) is 16.1. The molecule has 18 nitrogen and oxygen atoms in total. The van der Waals surface area contributed by atoms with E-state index in [0.29, 0.717) is 23.0 Å². The molecule has 2 aromatic heterocycles. The summed E-state index contributed by atoms with van der Waals surface area (Å²) in [5.41, 5.74) is 0.557. The Hall–Kier alpha value is -6.74. The quantitative estimate of drug-likeness (QED) is 0.0832. The van der Waals surface area contributed by atoms with Crippen LogP contribution < -0.4 is 18.9 Å². The standard InChI is InChI=1S/C24H29N3O6S.C23H27N3O6S/c1-24(2,23(28)33-5)27-17-22(14-25-27)34(29,30)26(15-18-6-10-20(31-3)11-7-18)16-19-8-12-21(32-4)13-9-19;1-23(2,22(27)28)26-16-21(13-24-26)33(29,30)25(14-17-5-9-19(31-3)10-6-17)15-18-7-11-20(32-4)12-8-18/h6-14,17H,15-16H2,1-5H3;5-13,16H,14-15H2,1-4H3,(H,27,28). The molecule has 0 fully saturated rings. The Morgan fingerprint density at radius 3 is 1.01 bits per heavy atom. The molecule has 0 radical (unpaired) electrons. The van der Waals surface area contributed by atoms with Crippen LogP contribution in [0.4, 0.5) is 0 Å². The van der Waals surface area contributed by atoms with Gasteiger partial charge in [0.1, 0.15) is 32.8 Å². The van der Waals surface area contributed by atoms with Crippen molar-refractivity contribution in [3.05, 3.63) is 144 Å². The summed E-state index contributed by atoms with van der Waals surface area (Å²) in [5.74, 6) is 1.04. The number of carboxylic acid groups (broad SMARTS) is 1. The Kier molecular flexibility index (Phi) is 16.6. The van der Waals surface area contributed by atoms with Crippen LogP contribution in [0.15, 0.2) is 132 Å². The van der Waals surface area contributed by atoms with Gasteiger partial charge in [0.25, 0.3) is 0 Å². The van der Waals surface area contributed by atoms with Crippen molar-refractivity contribution in [1.29, 1.82) is 0 Å². The largest absolute Gasteiger partial charge is 0.497 e. The zero-order valence-corrected chi connectivity index (χ0v) is 40.4. The maximum atomic E-state index is 13.7. The average molecular weight is 961 g/mol. The number of rotatable bonds is 20. The minimum Gasteiger partial charge on any atom is -0.497 e. The molecule has 1 N–H and O–H groups in total. The second-order valence-corrected chi connectivity index (χ2v) is 20.0. The van der Waals surface area contributed by atoms with Gasteiger partial charge in [-0.25, -0.2) is 26.4 Å². The number of carbonyl (C=O) groups excluding carboxylic acids is 1. The highest BCUT2D eigenvalue weighted by atomic mass is 32.2. The molecule has 2 heterocycles. The van der Waals surface area contributed by atoms with E-state index < -0.39 is 43.1 Å². The molecule has 67 heavy (non-hydrogen) atoms. The van der Waals surface area contributed by atoms with Crippen molar-refractivity contribution in [2.45, 2.75) is 74.7 Å². The minimum atomic E-state index is -4.00. The Morgan fingerprint density at radius 2 is 0.776 bits per heavy atom. The first-order valence-electron chi connectivity index (χ1n) is 20.6. The van der Waals surface area contributed by atoms with Gasteiger partial charge in [-0.3, -0.25) is 9.36 Å². The Labute approximate surface area is 391 Å². The first kappa shape index (κ1) is 51.2. The first-order valence-corrected chi connectivity index (χ1v) is 23.5. The fourth-order valence-corrected chi connectivity index (χ4v) is 9.12. The first-order chi connectivity index (χ1) is 31.7. The highest BCUT2D eigenvalue weighted by molar-refractivity contribution is 7.89. The molecular weight excluding hydrogens is 905 g/mol. The number of carbonyl (C=O) groups is 2. The number of carboxylic acids is 1. The molecule has 0 spiro atoms.